The Labute approximate surface area is 178 Å². The van der Waals surface area contributed by atoms with Gasteiger partial charge in [-0.15, -0.1) is 0 Å². The molecule has 0 spiro atoms. The fourth-order valence-electron chi connectivity index (χ4n) is 2.64. The minimum atomic E-state index is -0.518. The van der Waals surface area contributed by atoms with Gasteiger partial charge in [0.15, 0.2) is 0 Å². The predicted molar refractivity (Wildman–Crippen MR) is 117 cm³/mol. The molecule has 30 heavy (non-hydrogen) atoms. The largest absolute Gasteiger partial charge is 0.508 e. The summed E-state index contributed by atoms with van der Waals surface area (Å²) in [6.45, 7) is 7.71. The quantitative estimate of drug-likeness (QED) is 0.618. The van der Waals surface area contributed by atoms with E-state index in [9.17, 15) is 9.59 Å². The van der Waals surface area contributed by atoms with Crippen LogP contribution >= 0.6 is 0 Å². The number of hydrazine groups is 1. The third kappa shape index (κ3) is 8.53. The number of aromatic hydroxyl groups is 2. The molecule has 2 aromatic carbocycles. The highest BCUT2D eigenvalue weighted by atomic mass is 16.5. The zero-order chi connectivity index (χ0) is 22.4. The van der Waals surface area contributed by atoms with Gasteiger partial charge in [-0.3, -0.25) is 15.0 Å². The molecule has 1 unspecified atom stereocenters. The van der Waals surface area contributed by atoms with Crippen molar-refractivity contribution in [3.63, 3.8) is 0 Å². The first-order valence-electron chi connectivity index (χ1n) is 10.2. The molecule has 7 nitrogen and oxygen atoms in total. The van der Waals surface area contributed by atoms with Crippen LogP contribution in [-0.4, -0.2) is 35.2 Å². The molecule has 1 aliphatic rings. The molecule has 7 heteroatoms. The number of nitrogens with one attached hydrogen (secondary N) is 1. The number of carbonyl (C=O) groups is 2. The fraction of sp³-hybridized carbons (Fsp3) is 0.391. The summed E-state index contributed by atoms with van der Waals surface area (Å²) in [6.07, 6.45) is 2.51. The Balaban J connectivity index is 0.000000286. The lowest BCUT2D eigenvalue weighted by molar-refractivity contribution is -0.127. The zero-order valence-corrected chi connectivity index (χ0v) is 17.9. The van der Waals surface area contributed by atoms with E-state index < -0.39 is 5.92 Å². The molecule has 2 amide bonds. The van der Waals surface area contributed by atoms with Crippen LogP contribution in [0, 0.1) is 5.92 Å². The molecule has 3 N–H and O–H groups in total. The number of anilines is 1. The Morgan fingerprint density at radius 2 is 1.53 bits per heavy atom. The number of phenolic OH excluding ortho intramolecular Hbond substituents is 2. The fourth-order valence-corrected chi connectivity index (χ4v) is 2.64. The van der Waals surface area contributed by atoms with Crippen molar-refractivity contribution in [1.29, 1.82) is 0 Å². The highest BCUT2D eigenvalue weighted by Crippen LogP contribution is 2.22. The first-order chi connectivity index (χ1) is 14.4. The first kappa shape index (κ1) is 25.0. The SMILES string of the molecule is CCCCC1C(=O)NN(c2ccccc2)C1=O.CCOCC.Oc1cccc(O)c1. The molecule has 3 rings (SSSR count). The van der Waals surface area contributed by atoms with Crippen LogP contribution in [0.15, 0.2) is 54.6 Å². The second-order valence-electron chi connectivity index (χ2n) is 6.48. The van der Waals surface area contributed by atoms with Gasteiger partial charge in [-0.25, -0.2) is 5.01 Å². The zero-order valence-electron chi connectivity index (χ0n) is 17.9. The Bertz CT molecular complexity index is 748. The minimum absolute atomic E-state index is 0.0880. The van der Waals surface area contributed by atoms with Crippen LogP contribution in [0.25, 0.3) is 0 Å². The summed E-state index contributed by atoms with van der Waals surface area (Å²) in [6, 6.07) is 15.0. The molecule has 0 aliphatic carbocycles. The third-order valence-electron chi connectivity index (χ3n) is 4.16. The summed E-state index contributed by atoms with van der Waals surface area (Å²) in [5.74, 6) is -0.674. The number of rotatable bonds is 6. The van der Waals surface area contributed by atoms with Gasteiger partial charge >= 0.3 is 0 Å². The molecule has 1 atom stereocenters. The van der Waals surface area contributed by atoms with E-state index in [1.54, 1.807) is 18.2 Å². The van der Waals surface area contributed by atoms with Crippen LogP contribution < -0.4 is 10.4 Å². The monoisotopic (exact) mass is 416 g/mol. The van der Waals surface area contributed by atoms with E-state index in [0.29, 0.717) is 12.1 Å². The average molecular weight is 417 g/mol. The summed E-state index contributed by atoms with van der Waals surface area (Å²) in [7, 11) is 0. The van der Waals surface area contributed by atoms with Gasteiger partial charge in [-0.1, -0.05) is 44.0 Å². The molecule has 2 aromatic rings. The number of benzene rings is 2. The number of ether oxygens (including phenoxy) is 1. The molecule has 0 aromatic heterocycles. The van der Waals surface area contributed by atoms with Gasteiger partial charge in [0.1, 0.15) is 17.4 Å². The van der Waals surface area contributed by atoms with E-state index in [1.807, 2.05) is 39.0 Å². The van der Waals surface area contributed by atoms with Gasteiger partial charge in [-0.05, 0) is 44.5 Å². The maximum absolute atomic E-state index is 12.1. The van der Waals surface area contributed by atoms with Gasteiger partial charge in [-0.2, -0.15) is 0 Å². The van der Waals surface area contributed by atoms with Crippen molar-refractivity contribution in [2.24, 2.45) is 5.92 Å². The number of para-hydroxylation sites is 1. The highest BCUT2D eigenvalue weighted by Gasteiger charge is 2.39. The van der Waals surface area contributed by atoms with Crippen molar-refractivity contribution < 1.29 is 24.5 Å². The number of unbranched alkanes of at least 4 members (excludes halogenated alkanes) is 1. The summed E-state index contributed by atoms with van der Waals surface area (Å²) in [4.78, 5) is 23.8. The van der Waals surface area contributed by atoms with E-state index in [0.717, 1.165) is 26.1 Å². The lowest BCUT2D eigenvalue weighted by Gasteiger charge is -2.14. The van der Waals surface area contributed by atoms with E-state index in [4.69, 9.17) is 14.9 Å². The Morgan fingerprint density at radius 3 is 1.97 bits per heavy atom. The first-order valence-corrected chi connectivity index (χ1v) is 10.2. The number of carbonyl (C=O) groups excluding carboxylic acids is 2. The highest BCUT2D eigenvalue weighted by molar-refractivity contribution is 6.14. The van der Waals surface area contributed by atoms with Gasteiger partial charge < -0.3 is 14.9 Å². The van der Waals surface area contributed by atoms with Crippen molar-refractivity contribution in [2.45, 2.75) is 40.0 Å². The second-order valence-corrected chi connectivity index (χ2v) is 6.48. The van der Waals surface area contributed by atoms with Crippen LogP contribution in [-0.2, 0) is 14.3 Å². The van der Waals surface area contributed by atoms with Crippen molar-refractivity contribution in [3.8, 4) is 11.5 Å². The molecule has 1 aliphatic heterocycles. The van der Waals surface area contributed by atoms with Gasteiger partial charge in [0, 0.05) is 19.3 Å². The number of amides is 2. The van der Waals surface area contributed by atoms with Crippen molar-refractivity contribution in [2.75, 3.05) is 18.2 Å². The second kappa shape index (κ2) is 14.0. The van der Waals surface area contributed by atoms with Crippen LogP contribution in [0.5, 0.6) is 11.5 Å². The molecule has 1 heterocycles. The Morgan fingerprint density at radius 1 is 0.933 bits per heavy atom. The van der Waals surface area contributed by atoms with Crippen LogP contribution in [0.2, 0.25) is 0 Å². The van der Waals surface area contributed by atoms with Gasteiger partial charge in [0.05, 0.1) is 5.69 Å². The maximum Gasteiger partial charge on any atom is 0.258 e. The van der Waals surface area contributed by atoms with Gasteiger partial charge in [0.25, 0.3) is 11.8 Å². The van der Waals surface area contributed by atoms with Crippen molar-refractivity contribution >= 4 is 17.5 Å². The van der Waals surface area contributed by atoms with Crippen molar-refractivity contribution in [3.05, 3.63) is 54.6 Å². The summed E-state index contributed by atoms with van der Waals surface area (Å²) >= 11 is 0. The Kier molecular flexibility index (Phi) is 11.7. The standard InChI is InChI=1S/C13H16N2O2.C6H6O2.C4H10O/c1-2-3-9-11-12(16)14-15(13(11)17)10-7-5-4-6-8-10;7-5-2-1-3-6(8)4-5;1-3-5-4-2/h4-8,11H,2-3,9H2,1H3,(H,14,16);1-4,7-8H;3-4H2,1-2H3. The van der Waals surface area contributed by atoms with E-state index in [1.165, 1.54) is 23.2 Å². The molecule has 164 valence electrons. The lowest BCUT2D eigenvalue weighted by atomic mass is 10.0. The number of hydrogen-bond donors (Lipinski definition) is 3. The third-order valence-corrected chi connectivity index (χ3v) is 4.16. The number of hydrogen-bond acceptors (Lipinski definition) is 5. The van der Waals surface area contributed by atoms with E-state index in [-0.39, 0.29) is 23.3 Å². The van der Waals surface area contributed by atoms with Crippen LogP contribution in [0.1, 0.15) is 40.0 Å². The van der Waals surface area contributed by atoms with Crippen LogP contribution in [0.3, 0.4) is 0 Å². The average Bonchev–Trinajstić information content (AvgIpc) is 3.02. The molecule has 0 saturated carbocycles. The summed E-state index contributed by atoms with van der Waals surface area (Å²) in [5, 5.41) is 18.7. The molecule has 0 bridgehead atoms. The Hall–Kier alpha value is -3.06. The number of nitrogens with zero attached hydrogens (tertiary/aromatic N) is 1. The molecule has 1 saturated heterocycles. The minimum Gasteiger partial charge on any atom is -0.508 e. The normalized spacial score (nSPS) is 14.9. The molecule has 1 fully saturated rings. The van der Waals surface area contributed by atoms with E-state index >= 15 is 0 Å². The van der Waals surface area contributed by atoms with Crippen molar-refractivity contribution in [1.82, 2.24) is 5.43 Å². The molecular weight excluding hydrogens is 384 g/mol. The maximum atomic E-state index is 12.1. The smallest absolute Gasteiger partial charge is 0.258 e. The topological polar surface area (TPSA) is 99.1 Å². The number of phenols is 2. The van der Waals surface area contributed by atoms with Gasteiger partial charge in [0.2, 0.25) is 0 Å². The predicted octanol–water partition coefficient (Wildman–Crippen LogP) is 4.01. The summed E-state index contributed by atoms with van der Waals surface area (Å²) < 4.78 is 4.83. The molecular formula is C23H32N2O5. The molecule has 0 radical (unpaired) electrons. The lowest BCUT2D eigenvalue weighted by Crippen LogP contribution is -2.35. The van der Waals surface area contributed by atoms with Crippen LogP contribution in [0.4, 0.5) is 5.69 Å². The van der Waals surface area contributed by atoms with E-state index in [2.05, 4.69) is 5.43 Å². The summed E-state index contributed by atoms with van der Waals surface area (Å²) in [5.41, 5.74) is 3.34.